The third-order valence-electron chi connectivity index (χ3n) is 6.02. The van der Waals surface area contributed by atoms with E-state index in [1.807, 2.05) is 27.7 Å². The summed E-state index contributed by atoms with van der Waals surface area (Å²) < 4.78 is 0. The van der Waals surface area contributed by atoms with Crippen LogP contribution in [0.5, 0.6) is 0 Å². The maximum absolute atomic E-state index is 13.0. The van der Waals surface area contributed by atoms with Crippen molar-refractivity contribution in [2.24, 2.45) is 0 Å². The predicted molar refractivity (Wildman–Crippen MR) is 104 cm³/mol. The molecule has 0 saturated heterocycles. The van der Waals surface area contributed by atoms with E-state index in [2.05, 4.69) is 0 Å². The van der Waals surface area contributed by atoms with Gasteiger partial charge < -0.3 is 0 Å². The molecule has 0 unspecified atom stereocenters. The first-order valence-corrected chi connectivity index (χ1v) is 9.68. The van der Waals surface area contributed by atoms with Gasteiger partial charge >= 0.3 is 0 Å². The summed E-state index contributed by atoms with van der Waals surface area (Å²) in [5, 5.41) is 0.852. The van der Waals surface area contributed by atoms with Crippen molar-refractivity contribution in [1.82, 2.24) is 9.80 Å². The average molecular weight is 378 g/mol. The first-order chi connectivity index (χ1) is 13.3. The lowest BCUT2D eigenvalue weighted by Crippen LogP contribution is -2.47. The molecule has 2 atom stereocenters. The highest BCUT2D eigenvalue weighted by Gasteiger charge is 2.41. The van der Waals surface area contributed by atoms with E-state index in [9.17, 15) is 19.2 Å². The minimum Gasteiger partial charge on any atom is -0.272 e. The minimum atomic E-state index is -0.375. The van der Waals surface area contributed by atoms with Gasteiger partial charge in [0.05, 0.1) is 0 Å². The van der Waals surface area contributed by atoms with E-state index in [-0.39, 0.29) is 35.7 Å². The third-order valence-corrected chi connectivity index (χ3v) is 6.02. The molecular formula is C22H22N2O4. The summed E-state index contributed by atoms with van der Waals surface area (Å²) in [6.07, 6.45) is 1.29. The van der Waals surface area contributed by atoms with Crippen molar-refractivity contribution in [3.63, 3.8) is 0 Å². The Morgan fingerprint density at radius 3 is 1.07 bits per heavy atom. The van der Waals surface area contributed by atoms with Crippen LogP contribution in [-0.4, -0.2) is 45.5 Å². The number of hydrogen-bond acceptors (Lipinski definition) is 4. The van der Waals surface area contributed by atoms with E-state index in [1.54, 1.807) is 24.3 Å². The molecule has 2 aromatic carbocycles. The zero-order chi connectivity index (χ0) is 20.3. The Labute approximate surface area is 163 Å². The van der Waals surface area contributed by atoms with Crippen molar-refractivity contribution in [2.45, 2.75) is 52.6 Å². The van der Waals surface area contributed by atoms with Gasteiger partial charge in [0.25, 0.3) is 23.6 Å². The molecule has 0 saturated carbocycles. The Kier molecular flexibility index (Phi) is 4.10. The lowest BCUT2D eigenvalue weighted by Gasteiger charge is -2.35. The molecule has 0 aliphatic carbocycles. The number of rotatable bonds is 4. The fourth-order valence-corrected chi connectivity index (χ4v) is 4.08. The molecule has 2 aliphatic rings. The van der Waals surface area contributed by atoms with E-state index in [4.69, 9.17) is 0 Å². The van der Waals surface area contributed by atoms with Crippen LogP contribution in [-0.2, 0) is 0 Å². The van der Waals surface area contributed by atoms with Crippen LogP contribution in [0.1, 0.15) is 82.0 Å². The highest BCUT2D eigenvalue weighted by Crippen LogP contribution is 2.38. The molecule has 0 spiro atoms. The van der Waals surface area contributed by atoms with Crippen molar-refractivity contribution < 1.29 is 19.2 Å². The third kappa shape index (κ3) is 2.20. The van der Waals surface area contributed by atoms with Crippen LogP contribution in [0.2, 0.25) is 0 Å². The first-order valence-electron chi connectivity index (χ1n) is 9.68. The van der Waals surface area contributed by atoms with E-state index in [0.29, 0.717) is 45.9 Å². The summed E-state index contributed by atoms with van der Waals surface area (Å²) in [4.78, 5) is 54.7. The van der Waals surface area contributed by atoms with Gasteiger partial charge in [-0.1, -0.05) is 13.8 Å². The molecule has 28 heavy (non-hydrogen) atoms. The molecular weight excluding hydrogens is 356 g/mol. The van der Waals surface area contributed by atoms with Crippen LogP contribution in [0.3, 0.4) is 0 Å². The Bertz CT molecular complexity index is 917. The van der Waals surface area contributed by atoms with Gasteiger partial charge in [-0.05, 0) is 51.0 Å². The van der Waals surface area contributed by atoms with Gasteiger partial charge in [-0.2, -0.15) is 0 Å². The highest BCUT2D eigenvalue weighted by atomic mass is 16.2. The SMILES string of the molecule is CC[C@@H](C)N1C(=O)c2ccc3c4c(ccc(c24)C1=O)C(=O)N([C@H](C)CC)C3=O. The monoisotopic (exact) mass is 378 g/mol. The molecule has 4 amide bonds. The van der Waals surface area contributed by atoms with Crippen LogP contribution in [0.15, 0.2) is 24.3 Å². The minimum absolute atomic E-state index is 0.236. The van der Waals surface area contributed by atoms with E-state index in [0.717, 1.165) is 0 Å². The summed E-state index contributed by atoms with van der Waals surface area (Å²) in [5.41, 5.74) is 1.47. The normalized spacial score (nSPS) is 18.1. The molecule has 2 aromatic rings. The summed E-state index contributed by atoms with van der Waals surface area (Å²) in [7, 11) is 0. The molecule has 4 rings (SSSR count). The first kappa shape index (κ1) is 18.3. The van der Waals surface area contributed by atoms with Gasteiger partial charge in [-0.15, -0.1) is 0 Å². The van der Waals surface area contributed by atoms with Crippen LogP contribution >= 0.6 is 0 Å². The lowest BCUT2D eigenvalue weighted by molar-refractivity contribution is 0.0525. The molecule has 0 aromatic heterocycles. The van der Waals surface area contributed by atoms with E-state index in [1.165, 1.54) is 9.80 Å². The summed E-state index contributed by atoms with van der Waals surface area (Å²) in [6.45, 7) is 7.51. The highest BCUT2D eigenvalue weighted by molar-refractivity contribution is 6.33. The zero-order valence-electron chi connectivity index (χ0n) is 16.4. The molecule has 0 fully saturated rings. The van der Waals surface area contributed by atoms with Crippen molar-refractivity contribution in [2.75, 3.05) is 0 Å². The van der Waals surface area contributed by atoms with Crippen molar-refractivity contribution >= 4 is 34.4 Å². The van der Waals surface area contributed by atoms with Crippen LogP contribution in [0, 0.1) is 0 Å². The quantitative estimate of drug-likeness (QED) is 0.762. The lowest BCUT2D eigenvalue weighted by atomic mass is 9.85. The summed E-state index contributed by atoms with van der Waals surface area (Å²) in [5.74, 6) is -1.50. The standard InChI is InChI=1S/C22H22N2O4/c1-5-11(3)23-19(25)13-7-9-15-18-16(10-8-14(17(13)18)20(23)26)22(28)24(21(15)27)12(4)6-2/h7-12H,5-6H2,1-4H3/t11-,12-/m1/s1. The second-order valence-electron chi connectivity index (χ2n) is 7.55. The average Bonchev–Trinajstić information content (AvgIpc) is 2.70. The summed E-state index contributed by atoms with van der Waals surface area (Å²) in [6, 6.07) is 5.96. The van der Waals surface area contributed by atoms with Crippen molar-refractivity contribution in [1.29, 1.82) is 0 Å². The molecule has 0 N–H and O–H groups in total. The van der Waals surface area contributed by atoms with Gasteiger partial charge in [0.15, 0.2) is 0 Å². The van der Waals surface area contributed by atoms with Crippen LogP contribution < -0.4 is 0 Å². The number of imide groups is 2. The number of carbonyl (C=O) groups is 4. The van der Waals surface area contributed by atoms with E-state index < -0.39 is 0 Å². The largest absolute Gasteiger partial charge is 0.272 e. The van der Waals surface area contributed by atoms with Gasteiger partial charge in [0.2, 0.25) is 0 Å². The van der Waals surface area contributed by atoms with Gasteiger partial charge in [-0.25, -0.2) is 0 Å². The molecule has 144 valence electrons. The maximum Gasteiger partial charge on any atom is 0.261 e. The number of nitrogens with zero attached hydrogens (tertiary/aromatic N) is 2. The maximum atomic E-state index is 13.0. The number of amides is 4. The molecule has 2 aliphatic heterocycles. The zero-order valence-corrected chi connectivity index (χ0v) is 16.4. The number of hydrogen-bond donors (Lipinski definition) is 0. The Hall–Kier alpha value is -3.02. The molecule has 0 radical (unpaired) electrons. The molecule has 6 heteroatoms. The van der Waals surface area contributed by atoms with E-state index >= 15 is 0 Å². The topological polar surface area (TPSA) is 74.8 Å². The van der Waals surface area contributed by atoms with Crippen LogP contribution in [0.4, 0.5) is 0 Å². The Morgan fingerprint density at radius 2 is 0.857 bits per heavy atom. The van der Waals surface area contributed by atoms with Crippen LogP contribution in [0.25, 0.3) is 10.8 Å². The predicted octanol–water partition coefficient (Wildman–Crippen LogP) is 3.63. The number of carbonyl (C=O) groups excluding carboxylic acids is 4. The van der Waals surface area contributed by atoms with Gasteiger partial charge in [0, 0.05) is 45.1 Å². The summed E-state index contributed by atoms with van der Waals surface area (Å²) >= 11 is 0. The van der Waals surface area contributed by atoms with Crippen molar-refractivity contribution in [3.05, 3.63) is 46.5 Å². The van der Waals surface area contributed by atoms with Gasteiger partial charge in [0.1, 0.15) is 0 Å². The Balaban J connectivity index is 2.01. The number of benzene rings is 2. The fourth-order valence-electron chi connectivity index (χ4n) is 4.08. The molecule has 0 bridgehead atoms. The van der Waals surface area contributed by atoms with Gasteiger partial charge in [-0.3, -0.25) is 29.0 Å². The second kappa shape index (κ2) is 6.26. The smallest absolute Gasteiger partial charge is 0.261 e. The molecule has 6 nitrogen and oxygen atoms in total. The Morgan fingerprint density at radius 1 is 0.607 bits per heavy atom. The second-order valence-corrected chi connectivity index (χ2v) is 7.55. The fraction of sp³-hybridized carbons (Fsp3) is 0.364. The van der Waals surface area contributed by atoms with Crippen molar-refractivity contribution in [3.8, 4) is 0 Å². The molecule has 2 heterocycles.